The number of nitrogens with one attached hydrogen (secondary N) is 2. The van der Waals surface area contributed by atoms with Gasteiger partial charge in [0, 0.05) is 12.1 Å². The second-order valence-corrected chi connectivity index (χ2v) is 4.94. The molecule has 0 aromatic rings. The Morgan fingerprint density at radius 1 is 1.29 bits per heavy atom. The van der Waals surface area contributed by atoms with E-state index in [2.05, 4.69) is 17.6 Å². The third kappa shape index (κ3) is 2.96. The smallest absolute Gasteiger partial charge is 0.0102 e. The van der Waals surface area contributed by atoms with Crippen molar-refractivity contribution in [3.8, 4) is 0 Å². The van der Waals surface area contributed by atoms with Crippen LogP contribution in [0.15, 0.2) is 0 Å². The first-order valence-corrected chi connectivity index (χ1v) is 6.37. The Hall–Kier alpha value is -0.0800. The quantitative estimate of drug-likeness (QED) is 0.717. The largest absolute Gasteiger partial charge is 0.317 e. The molecule has 0 bridgehead atoms. The summed E-state index contributed by atoms with van der Waals surface area (Å²) in [6.07, 6.45) is 8.29. The summed E-state index contributed by atoms with van der Waals surface area (Å²) >= 11 is 0. The van der Waals surface area contributed by atoms with Crippen LogP contribution in [-0.4, -0.2) is 25.2 Å². The Bertz CT molecular complexity index is 162. The van der Waals surface area contributed by atoms with E-state index in [4.69, 9.17) is 0 Å². The molecule has 2 heteroatoms. The first-order valence-electron chi connectivity index (χ1n) is 6.37. The van der Waals surface area contributed by atoms with Crippen molar-refractivity contribution in [3.63, 3.8) is 0 Å². The van der Waals surface area contributed by atoms with Crippen molar-refractivity contribution in [2.24, 2.45) is 5.92 Å². The van der Waals surface area contributed by atoms with Crippen LogP contribution in [0.4, 0.5) is 0 Å². The van der Waals surface area contributed by atoms with Gasteiger partial charge in [0.15, 0.2) is 0 Å². The van der Waals surface area contributed by atoms with Crippen molar-refractivity contribution in [3.05, 3.63) is 0 Å². The highest BCUT2D eigenvalue weighted by Crippen LogP contribution is 2.35. The Morgan fingerprint density at radius 2 is 2.21 bits per heavy atom. The van der Waals surface area contributed by atoms with E-state index in [1.807, 2.05) is 0 Å². The van der Waals surface area contributed by atoms with Gasteiger partial charge in [-0.3, -0.25) is 0 Å². The standard InChI is InChI=1S/C12H24N2/c1-2-4-10-9-12(10)14-11-5-3-7-13-8-6-11/h10-14H,2-9H2,1H3. The molecule has 3 atom stereocenters. The van der Waals surface area contributed by atoms with Crippen LogP contribution < -0.4 is 10.6 Å². The number of hydrogen-bond acceptors (Lipinski definition) is 2. The van der Waals surface area contributed by atoms with Gasteiger partial charge >= 0.3 is 0 Å². The molecule has 2 fully saturated rings. The van der Waals surface area contributed by atoms with Crippen LogP contribution in [0, 0.1) is 5.92 Å². The lowest BCUT2D eigenvalue weighted by Gasteiger charge is -2.15. The van der Waals surface area contributed by atoms with Gasteiger partial charge in [-0.15, -0.1) is 0 Å². The molecule has 2 nitrogen and oxygen atoms in total. The predicted octanol–water partition coefficient (Wildman–Crippen LogP) is 1.91. The van der Waals surface area contributed by atoms with Crippen molar-refractivity contribution in [1.29, 1.82) is 0 Å². The summed E-state index contributed by atoms with van der Waals surface area (Å²) < 4.78 is 0. The minimum absolute atomic E-state index is 0.803. The van der Waals surface area contributed by atoms with E-state index >= 15 is 0 Å². The third-order valence-electron chi connectivity index (χ3n) is 3.61. The van der Waals surface area contributed by atoms with Gasteiger partial charge in [0.05, 0.1) is 0 Å². The maximum Gasteiger partial charge on any atom is 0.0102 e. The van der Waals surface area contributed by atoms with Crippen molar-refractivity contribution < 1.29 is 0 Å². The average Bonchev–Trinajstić information content (AvgIpc) is 2.93. The summed E-state index contributed by atoms with van der Waals surface area (Å²) in [5, 5.41) is 7.29. The van der Waals surface area contributed by atoms with E-state index < -0.39 is 0 Å². The third-order valence-corrected chi connectivity index (χ3v) is 3.61. The lowest BCUT2D eigenvalue weighted by molar-refractivity contribution is 0.449. The summed E-state index contributed by atoms with van der Waals surface area (Å²) in [6.45, 7) is 4.73. The second-order valence-electron chi connectivity index (χ2n) is 4.94. The number of rotatable bonds is 4. The van der Waals surface area contributed by atoms with Crippen molar-refractivity contribution in [2.75, 3.05) is 13.1 Å². The Kier molecular flexibility index (Phi) is 3.82. The zero-order valence-corrected chi connectivity index (χ0v) is 9.39. The van der Waals surface area contributed by atoms with Gasteiger partial charge in [0.25, 0.3) is 0 Å². The molecule has 3 unspecified atom stereocenters. The number of hydrogen-bond donors (Lipinski definition) is 2. The van der Waals surface area contributed by atoms with Gasteiger partial charge in [0.2, 0.25) is 0 Å². The zero-order chi connectivity index (χ0) is 9.80. The first kappa shape index (κ1) is 10.4. The summed E-state index contributed by atoms with van der Waals surface area (Å²) in [4.78, 5) is 0. The van der Waals surface area contributed by atoms with Crippen LogP contribution >= 0.6 is 0 Å². The summed E-state index contributed by atoms with van der Waals surface area (Å²) in [5.74, 6) is 1.01. The summed E-state index contributed by atoms with van der Waals surface area (Å²) in [5.41, 5.74) is 0. The fourth-order valence-corrected chi connectivity index (χ4v) is 2.63. The fourth-order valence-electron chi connectivity index (χ4n) is 2.63. The zero-order valence-electron chi connectivity index (χ0n) is 9.39. The fraction of sp³-hybridized carbons (Fsp3) is 1.00. The van der Waals surface area contributed by atoms with Crippen LogP contribution in [0.3, 0.4) is 0 Å². The highest BCUT2D eigenvalue weighted by atomic mass is 15.0. The van der Waals surface area contributed by atoms with Crippen molar-refractivity contribution in [2.45, 2.75) is 57.5 Å². The Labute approximate surface area is 87.8 Å². The van der Waals surface area contributed by atoms with E-state index in [1.54, 1.807) is 0 Å². The summed E-state index contributed by atoms with van der Waals surface area (Å²) in [6, 6.07) is 1.68. The van der Waals surface area contributed by atoms with E-state index in [0.717, 1.165) is 18.0 Å². The van der Waals surface area contributed by atoms with Gasteiger partial charge < -0.3 is 10.6 Å². The average molecular weight is 196 g/mol. The highest BCUT2D eigenvalue weighted by Gasteiger charge is 2.36. The molecule has 0 amide bonds. The highest BCUT2D eigenvalue weighted by molar-refractivity contribution is 4.94. The summed E-state index contributed by atoms with van der Waals surface area (Å²) in [7, 11) is 0. The molecule has 0 aromatic carbocycles. The van der Waals surface area contributed by atoms with Crippen LogP contribution in [0.25, 0.3) is 0 Å². The molecular weight excluding hydrogens is 172 g/mol. The monoisotopic (exact) mass is 196 g/mol. The molecule has 1 aliphatic heterocycles. The minimum Gasteiger partial charge on any atom is -0.317 e. The maximum atomic E-state index is 3.83. The predicted molar refractivity (Wildman–Crippen MR) is 60.4 cm³/mol. The van der Waals surface area contributed by atoms with Gasteiger partial charge in [-0.05, 0) is 51.1 Å². The molecule has 0 radical (unpaired) electrons. The van der Waals surface area contributed by atoms with Crippen LogP contribution in [0.1, 0.15) is 45.4 Å². The molecule has 2 N–H and O–H groups in total. The molecule has 0 spiro atoms. The Morgan fingerprint density at radius 3 is 3.07 bits per heavy atom. The minimum atomic E-state index is 0.803. The lowest BCUT2D eigenvalue weighted by Crippen LogP contribution is -2.32. The first-order chi connectivity index (χ1) is 6.90. The Balaban J connectivity index is 1.65. The molecule has 1 heterocycles. The molecule has 1 saturated carbocycles. The molecule has 14 heavy (non-hydrogen) atoms. The van der Waals surface area contributed by atoms with Gasteiger partial charge in [0.1, 0.15) is 0 Å². The van der Waals surface area contributed by atoms with Crippen molar-refractivity contribution in [1.82, 2.24) is 10.6 Å². The van der Waals surface area contributed by atoms with Crippen LogP contribution in [-0.2, 0) is 0 Å². The molecule has 0 aromatic heterocycles. The second kappa shape index (κ2) is 5.13. The van der Waals surface area contributed by atoms with E-state index in [0.29, 0.717) is 0 Å². The molecule has 82 valence electrons. The molecule has 1 aliphatic carbocycles. The van der Waals surface area contributed by atoms with Crippen LogP contribution in [0.5, 0.6) is 0 Å². The lowest BCUT2D eigenvalue weighted by atomic mass is 10.1. The van der Waals surface area contributed by atoms with Crippen LogP contribution in [0.2, 0.25) is 0 Å². The molecular formula is C12H24N2. The van der Waals surface area contributed by atoms with E-state index in [-0.39, 0.29) is 0 Å². The normalized spacial score (nSPS) is 37.9. The van der Waals surface area contributed by atoms with E-state index in [1.165, 1.54) is 51.6 Å². The van der Waals surface area contributed by atoms with Gasteiger partial charge in [-0.1, -0.05) is 13.3 Å². The van der Waals surface area contributed by atoms with E-state index in [9.17, 15) is 0 Å². The molecule has 1 saturated heterocycles. The SMILES string of the molecule is CCCC1CC1NC1CCCNCC1. The van der Waals surface area contributed by atoms with Gasteiger partial charge in [-0.2, -0.15) is 0 Å². The maximum absolute atomic E-state index is 3.83. The van der Waals surface area contributed by atoms with Crippen molar-refractivity contribution >= 4 is 0 Å². The molecule has 2 rings (SSSR count). The van der Waals surface area contributed by atoms with Gasteiger partial charge in [-0.25, -0.2) is 0 Å². The topological polar surface area (TPSA) is 24.1 Å². The molecule has 2 aliphatic rings.